The van der Waals surface area contributed by atoms with E-state index < -0.39 is 0 Å². The molecule has 2 heterocycles. The normalized spacial score (nSPS) is 19.7. The molecule has 2 N–H and O–H groups in total. The van der Waals surface area contributed by atoms with Crippen molar-refractivity contribution >= 4 is 33.3 Å². The highest BCUT2D eigenvalue weighted by Gasteiger charge is 2.28. The van der Waals surface area contributed by atoms with Crippen LogP contribution in [-0.2, 0) is 9.47 Å². The van der Waals surface area contributed by atoms with E-state index in [1.165, 1.54) is 0 Å². The van der Waals surface area contributed by atoms with E-state index in [1.807, 2.05) is 74.5 Å². The molecule has 2 aliphatic rings. The zero-order valence-corrected chi connectivity index (χ0v) is 18.9. The minimum absolute atomic E-state index is 0.0152. The lowest BCUT2D eigenvalue weighted by Gasteiger charge is -2.18. The molecule has 6 nitrogen and oxygen atoms in total. The predicted octanol–water partition coefficient (Wildman–Crippen LogP) is 5.40. The second kappa shape index (κ2) is 7.76. The summed E-state index contributed by atoms with van der Waals surface area (Å²) in [6, 6.07) is 19.4. The summed E-state index contributed by atoms with van der Waals surface area (Å²) in [5, 5.41) is 26.7. The van der Waals surface area contributed by atoms with Crippen molar-refractivity contribution in [2.75, 3.05) is 13.2 Å². The second-order valence-corrected chi connectivity index (χ2v) is 8.93. The molecule has 4 aromatic rings. The van der Waals surface area contributed by atoms with E-state index in [-0.39, 0.29) is 23.6 Å². The average Bonchev–Trinajstić information content (AvgIpc) is 3.47. The van der Waals surface area contributed by atoms with Crippen LogP contribution in [0.5, 0.6) is 11.5 Å². The van der Waals surface area contributed by atoms with Crippen LogP contribution in [0.3, 0.4) is 0 Å². The highest BCUT2D eigenvalue weighted by atomic mass is 16.5. The largest absolute Gasteiger partial charge is 0.506 e. The number of ether oxygens (including phenoxy) is 2. The number of phenols is 2. The van der Waals surface area contributed by atoms with Crippen molar-refractivity contribution in [2.24, 2.45) is 9.98 Å². The number of benzene rings is 4. The van der Waals surface area contributed by atoms with Crippen LogP contribution in [0, 0.1) is 0 Å². The molecule has 0 amide bonds. The summed E-state index contributed by atoms with van der Waals surface area (Å²) in [4.78, 5) is 9.14. The average molecular weight is 453 g/mol. The third-order valence-electron chi connectivity index (χ3n) is 6.35. The van der Waals surface area contributed by atoms with Gasteiger partial charge in [-0.3, -0.25) is 0 Å². The Bertz CT molecular complexity index is 1410. The number of aliphatic imine (C=N–C) groups is 2. The molecule has 6 heteroatoms. The quantitative estimate of drug-likeness (QED) is 0.436. The highest BCUT2D eigenvalue weighted by Crippen LogP contribution is 2.48. The molecule has 2 aliphatic heterocycles. The smallest absolute Gasteiger partial charge is 0.220 e. The van der Waals surface area contributed by atoms with Crippen LogP contribution >= 0.6 is 0 Å². The van der Waals surface area contributed by atoms with E-state index in [9.17, 15) is 10.2 Å². The first-order valence-corrected chi connectivity index (χ1v) is 11.4. The number of fused-ring (bicyclic) bond motifs is 2. The van der Waals surface area contributed by atoms with Gasteiger partial charge < -0.3 is 19.7 Å². The molecule has 170 valence electrons. The van der Waals surface area contributed by atoms with E-state index in [0.717, 1.165) is 21.5 Å². The van der Waals surface area contributed by atoms with Crippen LogP contribution in [0.1, 0.15) is 25.0 Å². The summed E-state index contributed by atoms with van der Waals surface area (Å²) < 4.78 is 11.6. The van der Waals surface area contributed by atoms with Gasteiger partial charge in [-0.2, -0.15) is 0 Å². The summed E-state index contributed by atoms with van der Waals surface area (Å²) in [5.74, 6) is 0.863. The zero-order valence-electron chi connectivity index (χ0n) is 18.9. The van der Waals surface area contributed by atoms with Crippen molar-refractivity contribution in [3.63, 3.8) is 0 Å². The maximum Gasteiger partial charge on any atom is 0.220 e. The minimum Gasteiger partial charge on any atom is -0.506 e. The Morgan fingerprint density at radius 2 is 1.09 bits per heavy atom. The van der Waals surface area contributed by atoms with Crippen molar-refractivity contribution in [1.82, 2.24) is 0 Å². The zero-order chi connectivity index (χ0) is 23.4. The van der Waals surface area contributed by atoms with Gasteiger partial charge >= 0.3 is 0 Å². The monoisotopic (exact) mass is 452 g/mol. The number of hydrogen-bond acceptors (Lipinski definition) is 6. The molecule has 0 aromatic heterocycles. The summed E-state index contributed by atoms with van der Waals surface area (Å²) in [5.41, 5.74) is 2.08. The van der Waals surface area contributed by atoms with Crippen LogP contribution < -0.4 is 0 Å². The Hall–Kier alpha value is -4.06. The summed E-state index contributed by atoms with van der Waals surface area (Å²) in [6.45, 7) is 4.88. The fourth-order valence-electron chi connectivity index (χ4n) is 4.75. The van der Waals surface area contributed by atoms with Crippen LogP contribution in [-0.4, -0.2) is 47.3 Å². The van der Waals surface area contributed by atoms with Crippen molar-refractivity contribution in [3.8, 4) is 22.6 Å². The molecule has 0 bridgehead atoms. The van der Waals surface area contributed by atoms with Crippen molar-refractivity contribution in [1.29, 1.82) is 0 Å². The van der Waals surface area contributed by atoms with E-state index in [4.69, 9.17) is 9.47 Å². The van der Waals surface area contributed by atoms with Crippen molar-refractivity contribution in [2.45, 2.75) is 25.9 Å². The predicted molar refractivity (Wildman–Crippen MR) is 134 cm³/mol. The highest BCUT2D eigenvalue weighted by molar-refractivity contribution is 6.16. The SMILES string of the molecule is CC1COC(c2cc3ccccc3c(-c3c(O)c(C4=NC(C)CO4)cc4ccccc34)c2O)=N1. The third kappa shape index (κ3) is 3.17. The first-order valence-electron chi connectivity index (χ1n) is 11.4. The Kier molecular flexibility index (Phi) is 4.69. The van der Waals surface area contributed by atoms with Crippen LogP contribution in [0.25, 0.3) is 32.7 Å². The number of aromatic hydroxyl groups is 2. The molecular formula is C28H24N2O4. The lowest BCUT2D eigenvalue weighted by atomic mass is 9.88. The van der Waals surface area contributed by atoms with E-state index in [2.05, 4.69) is 9.98 Å². The van der Waals surface area contributed by atoms with Crippen LogP contribution in [0.4, 0.5) is 0 Å². The van der Waals surface area contributed by atoms with E-state index in [0.29, 0.717) is 47.3 Å². The molecule has 34 heavy (non-hydrogen) atoms. The van der Waals surface area contributed by atoms with Crippen LogP contribution in [0.15, 0.2) is 70.6 Å². The van der Waals surface area contributed by atoms with Gasteiger partial charge in [0.1, 0.15) is 24.7 Å². The summed E-state index contributed by atoms with van der Waals surface area (Å²) in [7, 11) is 0. The molecule has 0 saturated carbocycles. The molecule has 0 aliphatic carbocycles. The molecule has 2 unspecified atom stereocenters. The van der Waals surface area contributed by atoms with Gasteiger partial charge in [0.2, 0.25) is 11.8 Å². The summed E-state index contributed by atoms with van der Waals surface area (Å²) >= 11 is 0. The first kappa shape index (κ1) is 20.5. The Balaban J connectivity index is 1.73. The topological polar surface area (TPSA) is 83.6 Å². The van der Waals surface area contributed by atoms with Gasteiger partial charge in [-0.1, -0.05) is 48.5 Å². The Labute approximate surface area is 196 Å². The van der Waals surface area contributed by atoms with E-state index >= 15 is 0 Å². The maximum absolute atomic E-state index is 11.6. The Morgan fingerprint density at radius 1 is 0.676 bits per heavy atom. The molecule has 0 saturated heterocycles. The molecule has 0 radical (unpaired) electrons. The van der Waals surface area contributed by atoms with Gasteiger partial charge in [-0.15, -0.1) is 0 Å². The second-order valence-electron chi connectivity index (χ2n) is 8.93. The number of hydrogen-bond donors (Lipinski definition) is 2. The lowest BCUT2D eigenvalue weighted by molar-refractivity contribution is 0.322. The van der Waals surface area contributed by atoms with Gasteiger partial charge in [0.25, 0.3) is 0 Å². The number of nitrogens with zero attached hydrogens (tertiary/aromatic N) is 2. The first-order chi connectivity index (χ1) is 16.5. The standard InChI is InChI=1S/C28H24N2O4/c1-15-13-33-27(29-15)21-11-17-7-3-5-9-19(17)23(25(21)31)24-20-10-6-4-8-18(20)12-22(26(24)32)28-30-16(2)14-34-28/h3-12,15-16,31-32H,13-14H2,1-2H3. The summed E-state index contributed by atoms with van der Waals surface area (Å²) in [6.07, 6.45) is 0. The molecule has 0 spiro atoms. The molecular weight excluding hydrogens is 428 g/mol. The lowest BCUT2D eigenvalue weighted by Crippen LogP contribution is -2.05. The maximum atomic E-state index is 11.6. The Morgan fingerprint density at radius 3 is 1.47 bits per heavy atom. The number of rotatable bonds is 3. The van der Waals surface area contributed by atoms with E-state index in [1.54, 1.807) is 0 Å². The molecule has 0 fully saturated rings. The van der Waals surface area contributed by atoms with Gasteiger partial charge in [-0.05, 0) is 47.5 Å². The molecule has 4 aromatic carbocycles. The molecule has 2 atom stereocenters. The number of phenolic OH excluding ortho intramolecular Hbond substituents is 2. The van der Waals surface area contributed by atoms with Gasteiger partial charge in [0.15, 0.2) is 0 Å². The van der Waals surface area contributed by atoms with Crippen LogP contribution in [0.2, 0.25) is 0 Å². The fraction of sp³-hybridized carbons (Fsp3) is 0.214. The van der Waals surface area contributed by atoms with Gasteiger partial charge in [-0.25, -0.2) is 9.98 Å². The molecule has 6 rings (SSSR count). The van der Waals surface area contributed by atoms with Gasteiger partial charge in [0.05, 0.1) is 23.2 Å². The fourth-order valence-corrected chi connectivity index (χ4v) is 4.75. The van der Waals surface area contributed by atoms with Crippen molar-refractivity contribution in [3.05, 3.63) is 71.8 Å². The third-order valence-corrected chi connectivity index (χ3v) is 6.35. The van der Waals surface area contributed by atoms with Gasteiger partial charge in [0, 0.05) is 11.1 Å². The minimum atomic E-state index is 0.0152. The van der Waals surface area contributed by atoms with Crippen molar-refractivity contribution < 1.29 is 19.7 Å².